The monoisotopic (exact) mass is 240 g/mol. The maximum absolute atomic E-state index is 10.8. The first-order chi connectivity index (χ1) is 7.68. The molecule has 16 heavy (non-hydrogen) atoms. The summed E-state index contributed by atoms with van der Waals surface area (Å²) in [5.41, 5.74) is 0.679. The minimum Gasteiger partial charge on any atom is -0.481 e. The fourth-order valence-corrected chi connectivity index (χ4v) is 2.80. The number of anilines is 1. The zero-order valence-electron chi connectivity index (χ0n) is 9.35. The number of thiazole rings is 1. The van der Waals surface area contributed by atoms with Crippen molar-refractivity contribution in [3.8, 4) is 0 Å². The fraction of sp³-hybridized carbons (Fsp3) is 0.636. The van der Waals surface area contributed by atoms with Gasteiger partial charge in [0.15, 0.2) is 5.13 Å². The number of aliphatic carboxylic acids is 1. The minimum atomic E-state index is -0.810. The van der Waals surface area contributed by atoms with Crippen LogP contribution < -0.4 is 4.90 Å². The summed E-state index contributed by atoms with van der Waals surface area (Å²) in [5, 5.41) is 11.7. The van der Waals surface area contributed by atoms with E-state index in [1.54, 1.807) is 18.3 Å². The lowest BCUT2D eigenvalue weighted by Crippen LogP contribution is -2.29. The van der Waals surface area contributed by atoms with E-state index in [0.717, 1.165) is 18.2 Å². The summed E-state index contributed by atoms with van der Waals surface area (Å²) in [6.07, 6.45) is 3.72. The first kappa shape index (κ1) is 11.4. The molecular formula is C11H16N2O2S. The predicted octanol–water partition coefficient (Wildman–Crippen LogP) is 2.32. The Morgan fingerprint density at radius 1 is 1.50 bits per heavy atom. The molecule has 0 amide bonds. The van der Waals surface area contributed by atoms with Gasteiger partial charge in [-0.3, -0.25) is 4.79 Å². The Labute approximate surface area is 98.9 Å². The zero-order valence-corrected chi connectivity index (χ0v) is 10.2. The van der Waals surface area contributed by atoms with Gasteiger partial charge in [0, 0.05) is 18.5 Å². The van der Waals surface area contributed by atoms with Gasteiger partial charge < -0.3 is 10.0 Å². The van der Waals surface area contributed by atoms with Gasteiger partial charge in [0.05, 0.1) is 11.6 Å². The van der Waals surface area contributed by atoms with Gasteiger partial charge >= 0.3 is 5.97 Å². The number of hydrogen-bond acceptors (Lipinski definition) is 4. The van der Waals surface area contributed by atoms with Gasteiger partial charge in [-0.05, 0) is 26.2 Å². The Morgan fingerprint density at radius 3 is 2.81 bits per heavy atom. The van der Waals surface area contributed by atoms with Gasteiger partial charge in [-0.2, -0.15) is 0 Å². The summed E-state index contributed by atoms with van der Waals surface area (Å²) >= 11 is 1.55. The molecule has 1 aromatic rings. The Bertz CT molecular complexity index is 372. The summed E-state index contributed by atoms with van der Waals surface area (Å²) in [7, 11) is 0. The molecule has 1 atom stereocenters. The number of aromatic nitrogens is 1. The van der Waals surface area contributed by atoms with Crippen molar-refractivity contribution in [3.63, 3.8) is 0 Å². The lowest BCUT2D eigenvalue weighted by Gasteiger charge is -2.25. The topological polar surface area (TPSA) is 53.4 Å². The highest BCUT2D eigenvalue weighted by Gasteiger charge is 2.20. The molecule has 0 saturated carbocycles. The largest absolute Gasteiger partial charge is 0.481 e. The van der Waals surface area contributed by atoms with Gasteiger partial charge in [-0.15, -0.1) is 11.3 Å². The van der Waals surface area contributed by atoms with Crippen molar-refractivity contribution in [2.45, 2.75) is 32.1 Å². The van der Waals surface area contributed by atoms with Crippen molar-refractivity contribution in [1.82, 2.24) is 4.98 Å². The maximum Gasteiger partial charge on any atom is 0.312 e. The van der Waals surface area contributed by atoms with Crippen molar-refractivity contribution >= 4 is 22.4 Å². The molecule has 1 N–H and O–H groups in total. The third kappa shape index (κ3) is 2.35. The second-order valence-electron chi connectivity index (χ2n) is 4.16. The molecule has 5 heteroatoms. The van der Waals surface area contributed by atoms with E-state index in [1.807, 2.05) is 5.38 Å². The van der Waals surface area contributed by atoms with E-state index in [9.17, 15) is 4.79 Å². The number of nitrogens with zero attached hydrogens (tertiary/aromatic N) is 2. The highest BCUT2D eigenvalue weighted by atomic mass is 32.1. The Morgan fingerprint density at radius 2 is 2.19 bits per heavy atom. The van der Waals surface area contributed by atoms with Crippen LogP contribution in [0.1, 0.15) is 37.8 Å². The molecule has 1 unspecified atom stereocenters. The Kier molecular flexibility index (Phi) is 3.43. The quantitative estimate of drug-likeness (QED) is 0.881. The average molecular weight is 240 g/mol. The van der Waals surface area contributed by atoms with E-state index in [-0.39, 0.29) is 0 Å². The van der Waals surface area contributed by atoms with E-state index >= 15 is 0 Å². The van der Waals surface area contributed by atoms with Crippen LogP contribution in [0.25, 0.3) is 0 Å². The van der Waals surface area contributed by atoms with E-state index < -0.39 is 11.9 Å². The van der Waals surface area contributed by atoms with E-state index in [0.29, 0.717) is 5.69 Å². The van der Waals surface area contributed by atoms with Crippen molar-refractivity contribution in [2.24, 2.45) is 0 Å². The smallest absolute Gasteiger partial charge is 0.312 e. The summed E-state index contributed by atoms with van der Waals surface area (Å²) < 4.78 is 0. The third-order valence-electron chi connectivity index (χ3n) is 2.95. The fourth-order valence-electron chi connectivity index (χ4n) is 1.83. The van der Waals surface area contributed by atoms with Gasteiger partial charge in [-0.25, -0.2) is 4.98 Å². The molecule has 2 heterocycles. The second kappa shape index (κ2) is 4.82. The van der Waals surface area contributed by atoms with Crippen LogP contribution in [-0.4, -0.2) is 29.1 Å². The van der Waals surface area contributed by atoms with Crippen LogP contribution in [0, 0.1) is 0 Å². The molecule has 4 nitrogen and oxygen atoms in total. The molecule has 0 bridgehead atoms. The molecule has 1 fully saturated rings. The van der Waals surface area contributed by atoms with Gasteiger partial charge in [-0.1, -0.05) is 0 Å². The molecule has 0 radical (unpaired) electrons. The van der Waals surface area contributed by atoms with Gasteiger partial charge in [0.1, 0.15) is 0 Å². The summed E-state index contributed by atoms with van der Waals surface area (Å²) in [4.78, 5) is 17.5. The molecule has 0 aromatic carbocycles. The molecule has 0 aliphatic carbocycles. The number of carboxylic acids is 1. The first-order valence-electron chi connectivity index (χ1n) is 5.61. The molecule has 1 aromatic heterocycles. The number of hydrogen-bond donors (Lipinski definition) is 1. The van der Waals surface area contributed by atoms with Crippen LogP contribution in [0.2, 0.25) is 0 Å². The summed E-state index contributed by atoms with van der Waals surface area (Å²) in [5.74, 6) is -1.31. The van der Waals surface area contributed by atoms with Crippen molar-refractivity contribution < 1.29 is 9.90 Å². The average Bonchev–Trinajstić information content (AvgIpc) is 2.78. The van der Waals surface area contributed by atoms with Crippen LogP contribution in [-0.2, 0) is 4.79 Å². The molecular weight excluding hydrogens is 224 g/mol. The van der Waals surface area contributed by atoms with E-state index in [2.05, 4.69) is 9.88 Å². The molecule has 1 aliphatic heterocycles. The predicted molar refractivity (Wildman–Crippen MR) is 64.2 cm³/mol. The van der Waals surface area contributed by atoms with Crippen molar-refractivity contribution in [3.05, 3.63) is 11.1 Å². The summed E-state index contributed by atoms with van der Waals surface area (Å²) in [6.45, 7) is 3.78. The van der Waals surface area contributed by atoms with Crippen LogP contribution in [0.5, 0.6) is 0 Å². The third-order valence-corrected chi connectivity index (χ3v) is 3.87. The number of carboxylic acid groups (broad SMARTS) is 1. The van der Waals surface area contributed by atoms with Crippen molar-refractivity contribution in [2.75, 3.05) is 18.0 Å². The number of carbonyl (C=O) groups is 1. The highest BCUT2D eigenvalue weighted by Crippen LogP contribution is 2.27. The Hall–Kier alpha value is -1.10. The molecule has 88 valence electrons. The van der Waals surface area contributed by atoms with Gasteiger partial charge in [0.25, 0.3) is 0 Å². The maximum atomic E-state index is 10.8. The summed E-state index contributed by atoms with van der Waals surface area (Å²) in [6, 6.07) is 0. The number of rotatable bonds is 3. The van der Waals surface area contributed by atoms with Crippen LogP contribution in [0.15, 0.2) is 5.38 Å². The van der Waals surface area contributed by atoms with E-state index in [1.165, 1.54) is 19.3 Å². The van der Waals surface area contributed by atoms with Crippen LogP contribution >= 0.6 is 11.3 Å². The van der Waals surface area contributed by atoms with Crippen LogP contribution in [0.4, 0.5) is 5.13 Å². The lowest BCUT2D eigenvalue weighted by molar-refractivity contribution is -0.138. The molecule has 2 rings (SSSR count). The number of piperidine rings is 1. The van der Waals surface area contributed by atoms with E-state index in [4.69, 9.17) is 5.11 Å². The molecule has 1 saturated heterocycles. The highest BCUT2D eigenvalue weighted by molar-refractivity contribution is 7.13. The zero-order chi connectivity index (χ0) is 11.5. The lowest BCUT2D eigenvalue weighted by atomic mass is 10.1. The normalized spacial score (nSPS) is 18.4. The molecule has 0 spiro atoms. The second-order valence-corrected chi connectivity index (χ2v) is 5.00. The minimum absolute atomic E-state index is 0.505. The SMILES string of the molecule is CC(C(=O)O)c1csc(N2CCCCC2)n1. The van der Waals surface area contributed by atoms with Crippen molar-refractivity contribution in [1.29, 1.82) is 0 Å². The van der Waals surface area contributed by atoms with Gasteiger partial charge in [0.2, 0.25) is 0 Å². The first-order valence-corrected chi connectivity index (χ1v) is 6.49. The Balaban J connectivity index is 2.09. The van der Waals surface area contributed by atoms with Crippen LogP contribution in [0.3, 0.4) is 0 Å². The standard InChI is InChI=1S/C11H16N2O2S/c1-8(10(14)15)9-7-16-11(12-9)13-5-3-2-4-6-13/h7-8H,2-6H2,1H3,(H,14,15). The molecule has 1 aliphatic rings.